The fourth-order valence-electron chi connectivity index (χ4n) is 3.90. The van der Waals surface area contributed by atoms with Gasteiger partial charge in [0.2, 0.25) is 15.9 Å². The number of benzene rings is 1. The number of carbonyl (C=O) groups is 1. The molecule has 150 valence electrons. The Bertz CT molecular complexity index is 876. The highest BCUT2D eigenvalue weighted by atomic mass is 32.2. The number of nitrogens with zero attached hydrogens (tertiary/aromatic N) is 2. The van der Waals surface area contributed by atoms with Gasteiger partial charge in [-0.05, 0) is 24.8 Å². The zero-order valence-corrected chi connectivity index (χ0v) is 17.1. The third-order valence-electron chi connectivity index (χ3n) is 5.50. The third-order valence-corrected chi connectivity index (χ3v) is 8.93. The van der Waals surface area contributed by atoms with Crippen LogP contribution >= 0.6 is 0 Å². The Morgan fingerprint density at radius 3 is 2.22 bits per heavy atom. The van der Waals surface area contributed by atoms with Crippen LogP contribution in [0.5, 0.6) is 0 Å². The maximum absolute atomic E-state index is 12.9. The van der Waals surface area contributed by atoms with Crippen molar-refractivity contribution in [2.75, 3.05) is 38.2 Å². The van der Waals surface area contributed by atoms with Gasteiger partial charge in [-0.2, -0.15) is 0 Å². The Morgan fingerprint density at radius 1 is 1.00 bits per heavy atom. The summed E-state index contributed by atoms with van der Waals surface area (Å²) < 4.78 is 50.0. The Balaban J connectivity index is 1.66. The molecule has 1 amide bonds. The lowest BCUT2D eigenvalue weighted by atomic mass is 9.96. The van der Waals surface area contributed by atoms with E-state index >= 15 is 0 Å². The van der Waals surface area contributed by atoms with Gasteiger partial charge in [0, 0.05) is 32.1 Å². The zero-order chi connectivity index (χ0) is 19.7. The van der Waals surface area contributed by atoms with Gasteiger partial charge in [-0.3, -0.25) is 4.79 Å². The van der Waals surface area contributed by atoms with Gasteiger partial charge in [-0.25, -0.2) is 21.1 Å². The Labute approximate surface area is 161 Å². The van der Waals surface area contributed by atoms with Crippen LogP contribution in [0.2, 0.25) is 0 Å². The van der Waals surface area contributed by atoms with E-state index in [1.807, 2.05) is 30.3 Å². The van der Waals surface area contributed by atoms with Crippen LogP contribution in [0.3, 0.4) is 0 Å². The number of piperidine rings is 1. The molecule has 0 radical (unpaired) electrons. The van der Waals surface area contributed by atoms with Gasteiger partial charge in [0.25, 0.3) is 0 Å². The Kier molecular flexibility index (Phi) is 5.93. The summed E-state index contributed by atoms with van der Waals surface area (Å²) in [6.45, 7) is 1.29. The fraction of sp³-hybridized carbons (Fsp3) is 0.611. The lowest BCUT2D eigenvalue weighted by Crippen LogP contribution is -2.44. The van der Waals surface area contributed by atoms with E-state index in [1.165, 1.54) is 10.6 Å². The normalized spacial score (nSPS) is 25.1. The fourth-order valence-corrected chi connectivity index (χ4v) is 6.57. The SMILES string of the molecule is CS(=O)(=O)N1CCC(C(=O)N2CC[C@H](c3ccccc3)S(=O)(=O)CC2)CC1. The first kappa shape index (κ1) is 20.3. The highest BCUT2D eigenvalue weighted by Crippen LogP contribution is 2.30. The van der Waals surface area contributed by atoms with Crippen molar-refractivity contribution in [3.63, 3.8) is 0 Å². The van der Waals surface area contributed by atoms with E-state index in [0.717, 1.165) is 5.56 Å². The van der Waals surface area contributed by atoms with Gasteiger partial charge >= 0.3 is 0 Å². The molecule has 7 nitrogen and oxygen atoms in total. The standard InChI is InChI=1S/C18H26N2O5S2/c1-26(22,23)20-11-7-16(8-12-20)18(21)19-10-9-17(27(24,25)14-13-19)15-5-3-2-4-6-15/h2-6,16-17H,7-14H2,1H3/t17-/m1/s1. The van der Waals surface area contributed by atoms with Crippen LogP contribution in [0.1, 0.15) is 30.1 Å². The molecule has 9 heteroatoms. The average Bonchev–Trinajstić information content (AvgIpc) is 2.79. The number of amides is 1. The summed E-state index contributed by atoms with van der Waals surface area (Å²) >= 11 is 0. The predicted octanol–water partition coefficient (Wildman–Crippen LogP) is 1.05. The monoisotopic (exact) mass is 414 g/mol. The molecule has 1 aromatic carbocycles. The molecule has 0 aromatic heterocycles. The molecule has 2 heterocycles. The lowest BCUT2D eigenvalue weighted by Gasteiger charge is -2.32. The molecule has 27 heavy (non-hydrogen) atoms. The molecule has 2 aliphatic heterocycles. The first-order valence-electron chi connectivity index (χ1n) is 9.19. The molecular weight excluding hydrogens is 388 g/mol. The van der Waals surface area contributed by atoms with E-state index in [4.69, 9.17) is 0 Å². The highest BCUT2D eigenvalue weighted by molar-refractivity contribution is 7.91. The summed E-state index contributed by atoms with van der Waals surface area (Å²) in [5, 5.41) is -0.580. The van der Waals surface area contributed by atoms with E-state index in [9.17, 15) is 21.6 Å². The molecule has 1 atom stereocenters. The molecule has 2 aliphatic rings. The van der Waals surface area contributed by atoms with E-state index in [-0.39, 0.29) is 24.1 Å². The molecule has 0 bridgehead atoms. The average molecular weight is 415 g/mol. The molecule has 1 aromatic rings. The first-order chi connectivity index (χ1) is 12.7. The molecular formula is C18H26N2O5S2. The van der Waals surface area contributed by atoms with Crippen molar-refractivity contribution in [3.8, 4) is 0 Å². The molecule has 0 saturated carbocycles. The zero-order valence-electron chi connectivity index (χ0n) is 15.5. The smallest absolute Gasteiger partial charge is 0.225 e. The Morgan fingerprint density at radius 2 is 1.63 bits per heavy atom. The van der Waals surface area contributed by atoms with E-state index < -0.39 is 25.1 Å². The number of sulfonamides is 1. The summed E-state index contributed by atoms with van der Waals surface area (Å²) in [7, 11) is -6.55. The number of carbonyl (C=O) groups excluding carboxylic acids is 1. The second-order valence-electron chi connectivity index (χ2n) is 7.32. The molecule has 2 saturated heterocycles. The van der Waals surface area contributed by atoms with Gasteiger partial charge < -0.3 is 4.90 Å². The van der Waals surface area contributed by atoms with E-state index in [2.05, 4.69) is 0 Å². The minimum atomic E-state index is -3.32. The van der Waals surface area contributed by atoms with Crippen molar-refractivity contribution in [3.05, 3.63) is 35.9 Å². The number of hydrogen-bond donors (Lipinski definition) is 0. The van der Waals surface area contributed by atoms with Crippen molar-refractivity contribution in [1.82, 2.24) is 9.21 Å². The second kappa shape index (κ2) is 7.89. The van der Waals surface area contributed by atoms with Crippen LogP contribution in [-0.4, -0.2) is 70.1 Å². The van der Waals surface area contributed by atoms with Gasteiger partial charge in [0.05, 0.1) is 17.3 Å². The first-order valence-corrected chi connectivity index (χ1v) is 12.8. The highest BCUT2D eigenvalue weighted by Gasteiger charge is 2.36. The minimum Gasteiger partial charge on any atom is -0.341 e. The number of rotatable bonds is 3. The van der Waals surface area contributed by atoms with E-state index in [0.29, 0.717) is 38.9 Å². The van der Waals surface area contributed by atoms with Crippen LogP contribution in [0, 0.1) is 5.92 Å². The summed E-state index contributed by atoms with van der Waals surface area (Å²) in [6, 6.07) is 9.15. The summed E-state index contributed by atoms with van der Waals surface area (Å²) in [6.07, 6.45) is 2.54. The lowest BCUT2D eigenvalue weighted by molar-refractivity contribution is -0.136. The largest absolute Gasteiger partial charge is 0.341 e. The third kappa shape index (κ3) is 4.70. The van der Waals surface area contributed by atoms with Crippen LogP contribution in [0.15, 0.2) is 30.3 Å². The number of hydrogen-bond acceptors (Lipinski definition) is 5. The summed E-state index contributed by atoms with van der Waals surface area (Å²) in [5.41, 5.74) is 0.772. The maximum Gasteiger partial charge on any atom is 0.225 e. The quantitative estimate of drug-likeness (QED) is 0.737. The number of sulfone groups is 1. The van der Waals surface area contributed by atoms with Gasteiger partial charge in [0.1, 0.15) is 0 Å². The predicted molar refractivity (Wildman–Crippen MR) is 103 cm³/mol. The molecule has 0 N–H and O–H groups in total. The van der Waals surface area contributed by atoms with Gasteiger partial charge in [0.15, 0.2) is 9.84 Å². The van der Waals surface area contributed by atoms with Crippen molar-refractivity contribution >= 4 is 25.8 Å². The van der Waals surface area contributed by atoms with Crippen molar-refractivity contribution in [1.29, 1.82) is 0 Å². The second-order valence-corrected chi connectivity index (χ2v) is 11.6. The minimum absolute atomic E-state index is 0.0412. The molecule has 0 unspecified atom stereocenters. The summed E-state index contributed by atoms with van der Waals surface area (Å²) in [4.78, 5) is 14.5. The van der Waals surface area contributed by atoms with Crippen molar-refractivity contribution in [2.45, 2.75) is 24.5 Å². The molecule has 0 aliphatic carbocycles. The maximum atomic E-state index is 12.9. The van der Waals surface area contributed by atoms with Gasteiger partial charge in [-0.1, -0.05) is 30.3 Å². The van der Waals surface area contributed by atoms with Crippen LogP contribution in [-0.2, 0) is 24.7 Å². The summed E-state index contributed by atoms with van der Waals surface area (Å²) in [5.74, 6) is -0.327. The van der Waals surface area contributed by atoms with Crippen LogP contribution in [0.4, 0.5) is 0 Å². The topological polar surface area (TPSA) is 91.8 Å². The molecule has 0 spiro atoms. The molecule has 3 rings (SSSR count). The Hall–Kier alpha value is -1.45. The molecule has 2 fully saturated rings. The van der Waals surface area contributed by atoms with Crippen LogP contribution < -0.4 is 0 Å². The van der Waals surface area contributed by atoms with Gasteiger partial charge in [-0.15, -0.1) is 0 Å². The van der Waals surface area contributed by atoms with Crippen molar-refractivity contribution < 1.29 is 21.6 Å². The van der Waals surface area contributed by atoms with E-state index in [1.54, 1.807) is 4.90 Å². The van der Waals surface area contributed by atoms with Crippen LogP contribution in [0.25, 0.3) is 0 Å². The van der Waals surface area contributed by atoms with Crippen molar-refractivity contribution in [2.24, 2.45) is 5.92 Å².